The molecule has 1 aromatic heterocycles. The van der Waals surface area contributed by atoms with Crippen LogP contribution in [-0.2, 0) is 13.0 Å². The van der Waals surface area contributed by atoms with Crippen LogP contribution >= 0.6 is 0 Å². The lowest BCUT2D eigenvalue weighted by atomic mass is 9.84. The number of imidazole rings is 1. The third-order valence-electron chi connectivity index (χ3n) is 4.70. The van der Waals surface area contributed by atoms with Gasteiger partial charge in [0.05, 0.1) is 11.0 Å². The summed E-state index contributed by atoms with van der Waals surface area (Å²) >= 11 is 0. The molecular weight excluding hydrogens is 246 g/mol. The largest absolute Gasteiger partial charge is 0.326 e. The van der Waals surface area contributed by atoms with Crippen LogP contribution < -0.4 is 5.73 Å². The minimum atomic E-state index is 0.262. The van der Waals surface area contributed by atoms with Crippen molar-refractivity contribution in [3.8, 4) is 0 Å². The molecule has 1 unspecified atom stereocenters. The summed E-state index contributed by atoms with van der Waals surface area (Å²) < 4.78 is 2.34. The molecule has 1 aromatic carbocycles. The molecule has 108 valence electrons. The molecular formula is C17H25N3. The molecule has 3 nitrogen and oxygen atoms in total. The molecule has 0 aliphatic heterocycles. The SMILES string of the molecule is CCc1nc2ccccc2n1CC(N)C1CCCCC1. The Morgan fingerprint density at radius 3 is 2.75 bits per heavy atom. The van der Waals surface area contributed by atoms with E-state index >= 15 is 0 Å². The molecule has 0 spiro atoms. The Balaban J connectivity index is 1.85. The second-order valence-electron chi connectivity index (χ2n) is 6.04. The Labute approximate surface area is 121 Å². The van der Waals surface area contributed by atoms with E-state index < -0.39 is 0 Å². The van der Waals surface area contributed by atoms with E-state index in [9.17, 15) is 0 Å². The first kappa shape index (κ1) is 13.6. The molecule has 0 amide bonds. The molecule has 1 atom stereocenters. The number of hydrogen-bond donors (Lipinski definition) is 1. The minimum absolute atomic E-state index is 0.262. The number of para-hydroxylation sites is 2. The Morgan fingerprint density at radius 1 is 1.25 bits per heavy atom. The maximum Gasteiger partial charge on any atom is 0.109 e. The van der Waals surface area contributed by atoms with Crippen molar-refractivity contribution in [3.63, 3.8) is 0 Å². The van der Waals surface area contributed by atoms with Crippen molar-refractivity contribution in [2.75, 3.05) is 0 Å². The van der Waals surface area contributed by atoms with Crippen LogP contribution in [0.5, 0.6) is 0 Å². The van der Waals surface area contributed by atoms with Crippen molar-refractivity contribution in [1.82, 2.24) is 9.55 Å². The summed E-state index contributed by atoms with van der Waals surface area (Å²) in [6, 6.07) is 8.66. The van der Waals surface area contributed by atoms with E-state index in [0.29, 0.717) is 5.92 Å². The summed E-state index contributed by atoms with van der Waals surface area (Å²) in [6.45, 7) is 3.08. The van der Waals surface area contributed by atoms with Gasteiger partial charge in [0.1, 0.15) is 5.82 Å². The van der Waals surface area contributed by atoms with Crippen LogP contribution in [0.2, 0.25) is 0 Å². The van der Waals surface area contributed by atoms with Gasteiger partial charge in [-0.15, -0.1) is 0 Å². The lowest BCUT2D eigenvalue weighted by Gasteiger charge is -2.28. The summed E-state index contributed by atoms with van der Waals surface area (Å²) in [5.74, 6) is 1.85. The summed E-state index contributed by atoms with van der Waals surface area (Å²) in [5, 5.41) is 0. The molecule has 1 aliphatic carbocycles. The van der Waals surface area contributed by atoms with E-state index in [2.05, 4.69) is 35.8 Å². The normalized spacial score (nSPS) is 18.5. The highest BCUT2D eigenvalue weighted by Gasteiger charge is 2.22. The zero-order valence-electron chi connectivity index (χ0n) is 12.4. The molecule has 2 N–H and O–H groups in total. The van der Waals surface area contributed by atoms with Crippen molar-refractivity contribution >= 4 is 11.0 Å². The maximum atomic E-state index is 6.51. The number of fused-ring (bicyclic) bond motifs is 1. The second kappa shape index (κ2) is 5.96. The minimum Gasteiger partial charge on any atom is -0.326 e. The van der Waals surface area contributed by atoms with Gasteiger partial charge in [0.15, 0.2) is 0 Å². The Hall–Kier alpha value is -1.35. The molecule has 0 saturated heterocycles. The second-order valence-corrected chi connectivity index (χ2v) is 6.04. The number of rotatable bonds is 4. The first-order chi connectivity index (χ1) is 9.79. The van der Waals surface area contributed by atoms with Crippen LogP contribution in [0.25, 0.3) is 11.0 Å². The summed E-state index contributed by atoms with van der Waals surface area (Å²) in [7, 11) is 0. The van der Waals surface area contributed by atoms with E-state index in [1.54, 1.807) is 0 Å². The number of nitrogens with two attached hydrogens (primary N) is 1. The average molecular weight is 271 g/mol. The van der Waals surface area contributed by atoms with E-state index in [-0.39, 0.29) is 6.04 Å². The van der Waals surface area contributed by atoms with E-state index in [1.165, 1.54) is 37.6 Å². The van der Waals surface area contributed by atoms with Gasteiger partial charge in [-0.2, -0.15) is 0 Å². The maximum absolute atomic E-state index is 6.51. The van der Waals surface area contributed by atoms with E-state index in [4.69, 9.17) is 10.7 Å². The molecule has 1 saturated carbocycles. The van der Waals surface area contributed by atoms with Gasteiger partial charge in [0.2, 0.25) is 0 Å². The number of nitrogens with zero attached hydrogens (tertiary/aromatic N) is 2. The fourth-order valence-electron chi connectivity index (χ4n) is 3.52. The molecule has 0 bridgehead atoms. The Kier molecular flexibility index (Phi) is 4.06. The zero-order valence-corrected chi connectivity index (χ0v) is 12.4. The average Bonchev–Trinajstić information content (AvgIpc) is 2.86. The molecule has 1 heterocycles. The highest BCUT2D eigenvalue weighted by atomic mass is 15.1. The Morgan fingerprint density at radius 2 is 2.00 bits per heavy atom. The van der Waals surface area contributed by atoms with Gasteiger partial charge >= 0.3 is 0 Å². The first-order valence-electron chi connectivity index (χ1n) is 7.99. The molecule has 3 heteroatoms. The molecule has 3 rings (SSSR count). The van der Waals surface area contributed by atoms with Crippen LogP contribution in [0, 0.1) is 5.92 Å². The first-order valence-corrected chi connectivity index (χ1v) is 7.99. The van der Waals surface area contributed by atoms with Crippen molar-refractivity contribution < 1.29 is 0 Å². The van der Waals surface area contributed by atoms with Crippen molar-refractivity contribution in [2.24, 2.45) is 11.7 Å². The number of aromatic nitrogens is 2. The van der Waals surface area contributed by atoms with Crippen LogP contribution in [0.15, 0.2) is 24.3 Å². The fourth-order valence-corrected chi connectivity index (χ4v) is 3.52. The smallest absolute Gasteiger partial charge is 0.109 e. The number of benzene rings is 1. The number of hydrogen-bond acceptors (Lipinski definition) is 2. The lowest BCUT2D eigenvalue weighted by molar-refractivity contribution is 0.285. The van der Waals surface area contributed by atoms with Gasteiger partial charge in [-0.05, 0) is 30.9 Å². The van der Waals surface area contributed by atoms with Crippen molar-refractivity contribution in [2.45, 2.75) is 58.0 Å². The summed E-state index contributed by atoms with van der Waals surface area (Å²) in [4.78, 5) is 4.74. The van der Waals surface area contributed by atoms with Gasteiger partial charge < -0.3 is 10.3 Å². The van der Waals surface area contributed by atoms with Gasteiger partial charge in [-0.3, -0.25) is 0 Å². The summed E-state index contributed by atoms with van der Waals surface area (Å²) in [5.41, 5.74) is 8.84. The third-order valence-corrected chi connectivity index (χ3v) is 4.70. The predicted octanol–water partition coefficient (Wildman–Crippen LogP) is 3.51. The van der Waals surface area contributed by atoms with Gasteiger partial charge in [0.25, 0.3) is 0 Å². The van der Waals surface area contributed by atoms with Gasteiger partial charge in [-0.1, -0.05) is 38.3 Å². The van der Waals surface area contributed by atoms with Crippen molar-refractivity contribution in [1.29, 1.82) is 0 Å². The highest BCUT2D eigenvalue weighted by molar-refractivity contribution is 5.75. The van der Waals surface area contributed by atoms with Gasteiger partial charge in [0, 0.05) is 19.0 Å². The van der Waals surface area contributed by atoms with E-state index in [0.717, 1.165) is 24.3 Å². The topological polar surface area (TPSA) is 43.8 Å². The third kappa shape index (κ3) is 2.59. The standard InChI is InChI=1S/C17H25N3/c1-2-17-19-15-10-6-7-11-16(15)20(17)12-14(18)13-8-4-3-5-9-13/h6-7,10-11,13-14H,2-5,8-9,12,18H2,1H3. The highest BCUT2D eigenvalue weighted by Crippen LogP contribution is 2.27. The van der Waals surface area contributed by atoms with E-state index in [1.807, 2.05) is 0 Å². The van der Waals surface area contributed by atoms with Crippen LogP contribution in [-0.4, -0.2) is 15.6 Å². The number of aryl methyl sites for hydroxylation is 1. The molecule has 1 fully saturated rings. The predicted molar refractivity (Wildman–Crippen MR) is 83.7 cm³/mol. The molecule has 0 radical (unpaired) electrons. The summed E-state index contributed by atoms with van der Waals surface area (Å²) in [6.07, 6.45) is 7.65. The van der Waals surface area contributed by atoms with Crippen molar-refractivity contribution in [3.05, 3.63) is 30.1 Å². The quantitative estimate of drug-likeness (QED) is 0.925. The Bertz CT molecular complexity index is 567. The lowest BCUT2D eigenvalue weighted by Crippen LogP contribution is -2.36. The fraction of sp³-hybridized carbons (Fsp3) is 0.588. The molecule has 2 aromatic rings. The zero-order chi connectivity index (χ0) is 13.9. The van der Waals surface area contributed by atoms with Crippen LogP contribution in [0.4, 0.5) is 0 Å². The van der Waals surface area contributed by atoms with Gasteiger partial charge in [-0.25, -0.2) is 4.98 Å². The molecule has 20 heavy (non-hydrogen) atoms. The monoisotopic (exact) mass is 271 g/mol. The molecule has 1 aliphatic rings. The van der Waals surface area contributed by atoms with Crippen LogP contribution in [0.3, 0.4) is 0 Å². The van der Waals surface area contributed by atoms with Crippen LogP contribution in [0.1, 0.15) is 44.9 Å².